The van der Waals surface area contributed by atoms with Crippen LogP contribution in [-0.2, 0) is 18.0 Å². The van der Waals surface area contributed by atoms with Crippen molar-refractivity contribution >= 4 is 35.0 Å². The summed E-state index contributed by atoms with van der Waals surface area (Å²) in [5, 5.41) is 5.85. The number of rotatable bonds is 3. The zero-order valence-electron chi connectivity index (χ0n) is 14.9. The monoisotopic (exact) mass is 417 g/mol. The summed E-state index contributed by atoms with van der Waals surface area (Å²) in [6.45, 7) is 2.72. The van der Waals surface area contributed by atoms with E-state index in [1.54, 1.807) is 6.92 Å². The van der Waals surface area contributed by atoms with Crippen LogP contribution < -0.4 is 16.2 Å². The Hall–Kier alpha value is -3.08. The molecule has 0 bridgehead atoms. The Balaban J connectivity index is 2.38. The molecule has 0 aliphatic carbocycles. The predicted molar refractivity (Wildman–Crippen MR) is 93.6 cm³/mol. The van der Waals surface area contributed by atoms with E-state index in [2.05, 4.69) is 21.3 Å². The van der Waals surface area contributed by atoms with Crippen molar-refractivity contribution < 1.29 is 27.6 Å². The smallest absolute Gasteiger partial charge is 0.320 e. The van der Waals surface area contributed by atoms with E-state index in [9.17, 15) is 27.6 Å². The number of benzene rings is 1. The molecule has 150 valence electrons. The fraction of sp³-hybridized carbons (Fsp3) is 0.250. The molecule has 0 radical (unpaired) electrons. The van der Waals surface area contributed by atoms with Gasteiger partial charge in [-0.25, -0.2) is 0 Å². The van der Waals surface area contributed by atoms with Gasteiger partial charge in [0.1, 0.15) is 5.69 Å². The molecule has 0 saturated heterocycles. The number of anilines is 1. The Morgan fingerprint density at radius 2 is 1.75 bits per heavy atom. The van der Waals surface area contributed by atoms with E-state index in [0.29, 0.717) is 11.6 Å². The number of halogens is 4. The molecule has 0 unspecified atom stereocenters. The molecule has 0 spiro atoms. The molecular formula is C16H15ClF3N5O3. The average molecular weight is 418 g/mol. The number of aromatic nitrogens is 2. The quantitative estimate of drug-likeness (QED) is 0.667. The summed E-state index contributed by atoms with van der Waals surface area (Å²) in [4.78, 5) is 35.7. The first-order chi connectivity index (χ1) is 12.9. The maximum absolute atomic E-state index is 12.8. The van der Waals surface area contributed by atoms with E-state index in [4.69, 9.17) is 11.6 Å². The summed E-state index contributed by atoms with van der Waals surface area (Å²) in [5.74, 6) is -2.23. The molecule has 2 rings (SSSR count). The van der Waals surface area contributed by atoms with Crippen molar-refractivity contribution in [2.45, 2.75) is 20.0 Å². The van der Waals surface area contributed by atoms with Gasteiger partial charge >= 0.3 is 6.18 Å². The molecule has 12 heteroatoms. The lowest BCUT2D eigenvalue weighted by Crippen LogP contribution is -2.40. The minimum atomic E-state index is -4.71. The second-order valence-electron chi connectivity index (χ2n) is 5.77. The van der Waals surface area contributed by atoms with E-state index in [1.165, 1.54) is 26.1 Å². The maximum Gasteiger partial charge on any atom is 0.435 e. The van der Waals surface area contributed by atoms with E-state index >= 15 is 0 Å². The van der Waals surface area contributed by atoms with Gasteiger partial charge in [0.25, 0.3) is 11.8 Å². The zero-order chi connectivity index (χ0) is 21.2. The molecular weight excluding hydrogens is 403 g/mol. The number of nitrogens with zero attached hydrogens (tertiary/aromatic N) is 2. The number of hydrazine groups is 1. The van der Waals surface area contributed by atoms with Crippen molar-refractivity contribution in [1.29, 1.82) is 0 Å². The van der Waals surface area contributed by atoms with Gasteiger partial charge in [0, 0.05) is 25.1 Å². The Morgan fingerprint density at radius 3 is 2.29 bits per heavy atom. The lowest BCUT2D eigenvalue weighted by Gasteiger charge is -2.15. The number of carbonyl (C=O) groups excluding carboxylic acids is 3. The van der Waals surface area contributed by atoms with Crippen LogP contribution in [-0.4, -0.2) is 27.5 Å². The van der Waals surface area contributed by atoms with Crippen LogP contribution >= 0.6 is 11.6 Å². The van der Waals surface area contributed by atoms with Crippen LogP contribution in [0.5, 0.6) is 0 Å². The third-order valence-corrected chi connectivity index (χ3v) is 3.76. The van der Waals surface area contributed by atoms with E-state index in [0.717, 1.165) is 4.68 Å². The Labute approximate surface area is 162 Å². The largest absolute Gasteiger partial charge is 0.435 e. The molecule has 1 aromatic heterocycles. The van der Waals surface area contributed by atoms with Crippen molar-refractivity contribution in [3.05, 3.63) is 45.7 Å². The van der Waals surface area contributed by atoms with Crippen LogP contribution in [0.25, 0.3) is 0 Å². The molecule has 0 aliphatic rings. The van der Waals surface area contributed by atoms with Gasteiger partial charge in [-0.2, -0.15) is 18.3 Å². The van der Waals surface area contributed by atoms with Crippen molar-refractivity contribution in [3.8, 4) is 0 Å². The lowest BCUT2D eigenvalue weighted by molar-refractivity contribution is -0.141. The highest BCUT2D eigenvalue weighted by atomic mass is 35.5. The molecule has 3 N–H and O–H groups in total. The van der Waals surface area contributed by atoms with Gasteiger partial charge in [0.15, 0.2) is 5.69 Å². The highest BCUT2D eigenvalue weighted by molar-refractivity contribution is 6.31. The van der Waals surface area contributed by atoms with Crippen LogP contribution in [0.2, 0.25) is 5.02 Å². The van der Waals surface area contributed by atoms with Crippen LogP contribution in [0.15, 0.2) is 18.2 Å². The minimum Gasteiger partial charge on any atom is -0.320 e. The molecule has 28 heavy (non-hydrogen) atoms. The van der Waals surface area contributed by atoms with Gasteiger partial charge in [0.05, 0.1) is 11.3 Å². The van der Waals surface area contributed by atoms with Crippen molar-refractivity contribution in [1.82, 2.24) is 20.6 Å². The van der Waals surface area contributed by atoms with E-state index < -0.39 is 29.6 Å². The highest BCUT2D eigenvalue weighted by Crippen LogP contribution is 2.29. The van der Waals surface area contributed by atoms with Crippen LogP contribution in [0.1, 0.15) is 39.0 Å². The minimum absolute atomic E-state index is 0.0204. The second-order valence-corrected chi connectivity index (χ2v) is 6.21. The number of amides is 3. The van der Waals surface area contributed by atoms with Gasteiger partial charge in [-0.15, -0.1) is 0 Å². The van der Waals surface area contributed by atoms with Crippen LogP contribution in [0.3, 0.4) is 0 Å². The fourth-order valence-electron chi connectivity index (χ4n) is 2.30. The number of hydrogen-bond donors (Lipinski definition) is 3. The number of aryl methyl sites for hydroxylation is 2. The Bertz CT molecular complexity index is 956. The van der Waals surface area contributed by atoms with Gasteiger partial charge in [-0.3, -0.25) is 29.9 Å². The second kappa shape index (κ2) is 7.89. The number of alkyl halides is 3. The molecule has 0 fully saturated rings. The number of hydrogen-bond acceptors (Lipinski definition) is 4. The predicted octanol–water partition coefficient (Wildman–Crippen LogP) is 2.43. The van der Waals surface area contributed by atoms with Crippen LogP contribution in [0, 0.1) is 6.92 Å². The first-order valence-electron chi connectivity index (χ1n) is 7.69. The summed E-state index contributed by atoms with van der Waals surface area (Å²) >= 11 is 5.94. The molecule has 3 amide bonds. The summed E-state index contributed by atoms with van der Waals surface area (Å²) < 4.78 is 39.1. The molecule has 1 heterocycles. The average Bonchev–Trinajstić information content (AvgIpc) is 2.97. The molecule has 0 saturated carbocycles. The van der Waals surface area contributed by atoms with Crippen LogP contribution in [0.4, 0.5) is 18.9 Å². The summed E-state index contributed by atoms with van der Waals surface area (Å²) in [5.41, 5.74) is 2.94. The zero-order valence-corrected chi connectivity index (χ0v) is 15.6. The fourth-order valence-corrected chi connectivity index (χ4v) is 2.57. The van der Waals surface area contributed by atoms with Crippen molar-refractivity contribution in [2.75, 3.05) is 5.32 Å². The van der Waals surface area contributed by atoms with Crippen molar-refractivity contribution in [3.63, 3.8) is 0 Å². The van der Waals surface area contributed by atoms with Crippen molar-refractivity contribution in [2.24, 2.45) is 7.05 Å². The number of nitrogens with one attached hydrogen (secondary N) is 3. The third-order valence-electron chi connectivity index (χ3n) is 3.54. The standard InChI is InChI=1S/C16H15ClF3N5O3/c1-7-4-9(17)5-10(14(27)23-22-8(2)26)13(7)21-15(28)11-6-12(16(18,19)20)24-25(11)3/h4-6H,1-3H3,(H,21,28)(H,22,26)(H,23,27). The molecule has 8 nitrogen and oxygen atoms in total. The SMILES string of the molecule is CC(=O)NNC(=O)c1cc(Cl)cc(C)c1NC(=O)c1cc(C(F)(F)F)nn1C. The maximum atomic E-state index is 12.8. The van der Waals surface area contributed by atoms with E-state index in [1.807, 2.05) is 0 Å². The first-order valence-corrected chi connectivity index (χ1v) is 8.07. The Morgan fingerprint density at radius 1 is 1.11 bits per heavy atom. The van der Waals surface area contributed by atoms with Gasteiger partial charge in [-0.05, 0) is 24.6 Å². The topological polar surface area (TPSA) is 105 Å². The van der Waals surface area contributed by atoms with Gasteiger partial charge in [-0.1, -0.05) is 11.6 Å². The molecule has 0 aliphatic heterocycles. The van der Waals surface area contributed by atoms with Gasteiger partial charge in [0.2, 0.25) is 5.91 Å². The normalized spacial score (nSPS) is 11.1. The summed E-state index contributed by atoms with van der Waals surface area (Å²) in [6.07, 6.45) is -4.71. The Kier molecular flexibility index (Phi) is 5.98. The molecule has 1 aromatic carbocycles. The third kappa shape index (κ3) is 4.80. The van der Waals surface area contributed by atoms with Gasteiger partial charge < -0.3 is 5.32 Å². The lowest BCUT2D eigenvalue weighted by atomic mass is 10.1. The molecule has 2 aromatic rings. The highest BCUT2D eigenvalue weighted by Gasteiger charge is 2.35. The number of carbonyl (C=O) groups is 3. The summed E-state index contributed by atoms with van der Waals surface area (Å²) in [6, 6.07) is 3.29. The summed E-state index contributed by atoms with van der Waals surface area (Å²) in [7, 11) is 1.18. The first kappa shape index (κ1) is 21.2. The molecule has 0 atom stereocenters. The van der Waals surface area contributed by atoms with E-state index in [-0.39, 0.29) is 22.0 Å².